The maximum absolute atomic E-state index is 5.54. The third kappa shape index (κ3) is 1.65. The Hall–Kier alpha value is -0.860. The van der Waals surface area contributed by atoms with Gasteiger partial charge in [-0.15, -0.1) is 0 Å². The van der Waals surface area contributed by atoms with E-state index >= 15 is 0 Å². The van der Waals surface area contributed by atoms with Gasteiger partial charge < -0.3 is 9.47 Å². The van der Waals surface area contributed by atoms with Crippen molar-refractivity contribution in [1.29, 1.82) is 0 Å². The van der Waals surface area contributed by atoms with E-state index in [0.29, 0.717) is 13.2 Å². The van der Waals surface area contributed by atoms with Crippen molar-refractivity contribution in [2.24, 2.45) is 0 Å². The third-order valence-corrected chi connectivity index (χ3v) is 1.99. The first-order valence-electron chi connectivity index (χ1n) is 4.21. The summed E-state index contributed by atoms with van der Waals surface area (Å²) in [7, 11) is 0. The van der Waals surface area contributed by atoms with Crippen molar-refractivity contribution in [3.63, 3.8) is 0 Å². The van der Waals surface area contributed by atoms with Crippen LogP contribution in [0, 0.1) is 0 Å². The molecule has 0 bridgehead atoms. The van der Waals surface area contributed by atoms with Crippen molar-refractivity contribution in [2.75, 3.05) is 19.8 Å². The van der Waals surface area contributed by atoms with Gasteiger partial charge in [-0.1, -0.05) is 30.3 Å². The Morgan fingerprint density at radius 2 is 1.92 bits per heavy atom. The first kappa shape index (κ1) is 7.77. The van der Waals surface area contributed by atoms with Gasteiger partial charge in [0.15, 0.2) is 0 Å². The average Bonchev–Trinajstić information content (AvgIpc) is 2.21. The highest BCUT2D eigenvalue weighted by molar-refractivity contribution is 5.17. The monoisotopic (exact) mass is 164 g/mol. The molecule has 0 spiro atoms. The first-order chi connectivity index (χ1) is 5.97. The van der Waals surface area contributed by atoms with E-state index in [2.05, 4.69) is 12.1 Å². The zero-order valence-corrected chi connectivity index (χ0v) is 6.90. The second-order valence-electron chi connectivity index (χ2n) is 2.85. The molecular formula is C10H12O2. The van der Waals surface area contributed by atoms with Crippen molar-refractivity contribution in [1.82, 2.24) is 0 Å². The quantitative estimate of drug-likeness (QED) is 0.629. The lowest BCUT2D eigenvalue weighted by Gasteiger charge is -2.22. The summed E-state index contributed by atoms with van der Waals surface area (Å²) in [4.78, 5) is 0. The molecule has 1 aromatic carbocycles. The molecule has 1 atom stereocenters. The summed E-state index contributed by atoms with van der Waals surface area (Å²) in [6.07, 6.45) is 0.139. The second-order valence-corrected chi connectivity index (χ2v) is 2.85. The van der Waals surface area contributed by atoms with E-state index in [0.717, 1.165) is 6.61 Å². The van der Waals surface area contributed by atoms with Crippen LogP contribution in [0.2, 0.25) is 0 Å². The molecule has 0 radical (unpaired) electrons. The summed E-state index contributed by atoms with van der Waals surface area (Å²) in [5.41, 5.74) is 1.21. The fourth-order valence-corrected chi connectivity index (χ4v) is 1.35. The molecule has 0 N–H and O–H groups in total. The molecule has 0 unspecified atom stereocenters. The lowest BCUT2D eigenvalue weighted by molar-refractivity contribution is -0.0901. The van der Waals surface area contributed by atoms with Gasteiger partial charge in [-0.05, 0) is 5.56 Å². The van der Waals surface area contributed by atoms with Crippen LogP contribution < -0.4 is 0 Å². The molecule has 12 heavy (non-hydrogen) atoms. The zero-order valence-electron chi connectivity index (χ0n) is 6.90. The number of hydrogen-bond acceptors (Lipinski definition) is 2. The van der Waals surface area contributed by atoms with E-state index in [9.17, 15) is 0 Å². The van der Waals surface area contributed by atoms with Gasteiger partial charge in [0.1, 0.15) is 6.10 Å². The topological polar surface area (TPSA) is 18.5 Å². The maximum Gasteiger partial charge on any atom is 0.106 e. The van der Waals surface area contributed by atoms with Gasteiger partial charge >= 0.3 is 0 Å². The van der Waals surface area contributed by atoms with Gasteiger partial charge in [0.05, 0.1) is 19.8 Å². The molecule has 1 aliphatic rings. The standard InChI is InChI=1S/C10H12O2/c1-2-4-9(5-3-1)10-8-11-6-7-12-10/h1-5,10H,6-8H2/t10-/m0/s1. The highest BCUT2D eigenvalue weighted by Crippen LogP contribution is 2.19. The summed E-state index contributed by atoms with van der Waals surface area (Å²) >= 11 is 0. The molecule has 64 valence electrons. The molecule has 1 aromatic rings. The van der Waals surface area contributed by atoms with E-state index in [1.54, 1.807) is 0 Å². The minimum absolute atomic E-state index is 0.139. The van der Waals surface area contributed by atoms with E-state index in [1.165, 1.54) is 5.56 Å². The summed E-state index contributed by atoms with van der Waals surface area (Å²) < 4.78 is 10.9. The first-order valence-corrected chi connectivity index (χ1v) is 4.21. The van der Waals surface area contributed by atoms with Crippen LogP contribution >= 0.6 is 0 Å². The Labute approximate surface area is 72.1 Å². The van der Waals surface area contributed by atoms with Crippen LogP contribution in [-0.2, 0) is 9.47 Å². The van der Waals surface area contributed by atoms with Crippen LogP contribution in [0.1, 0.15) is 11.7 Å². The van der Waals surface area contributed by atoms with E-state index in [4.69, 9.17) is 9.47 Å². The van der Waals surface area contributed by atoms with Crippen molar-refractivity contribution >= 4 is 0 Å². The summed E-state index contributed by atoms with van der Waals surface area (Å²) in [5, 5.41) is 0. The molecule has 0 aromatic heterocycles. The highest BCUT2D eigenvalue weighted by atomic mass is 16.6. The number of rotatable bonds is 1. The lowest BCUT2D eigenvalue weighted by Crippen LogP contribution is -2.21. The molecule has 2 nitrogen and oxygen atoms in total. The molecule has 1 aliphatic heterocycles. The van der Waals surface area contributed by atoms with Crippen LogP contribution in [0.25, 0.3) is 0 Å². The van der Waals surface area contributed by atoms with Gasteiger partial charge in [0.2, 0.25) is 0 Å². The van der Waals surface area contributed by atoms with Crippen LogP contribution in [-0.4, -0.2) is 19.8 Å². The van der Waals surface area contributed by atoms with Gasteiger partial charge in [0.25, 0.3) is 0 Å². The Balaban J connectivity index is 2.08. The minimum atomic E-state index is 0.139. The second kappa shape index (κ2) is 3.70. The normalized spacial score (nSPS) is 23.8. The zero-order chi connectivity index (χ0) is 8.23. The minimum Gasteiger partial charge on any atom is -0.376 e. The van der Waals surface area contributed by atoms with Gasteiger partial charge in [-0.3, -0.25) is 0 Å². The number of ether oxygens (including phenoxy) is 2. The fraction of sp³-hybridized carbons (Fsp3) is 0.400. The van der Waals surface area contributed by atoms with Gasteiger partial charge in [-0.2, -0.15) is 0 Å². The third-order valence-electron chi connectivity index (χ3n) is 1.99. The van der Waals surface area contributed by atoms with Crippen LogP contribution in [0.5, 0.6) is 0 Å². The largest absolute Gasteiger partial charge is 0.376 e. The molecule has 2 heteroatoms. The van der Waals surface area contributed by atoms with Crippen molar-refractivity contribution in [3.8, 4) is 0 Å². The van der Waals surface area contributed by atoms with Crippen molar-refractivity contribution < 1.29 is 9.47 Å². The smallest absolute Gasteiger partial charge is 0.106 e. The maximum atomic E-state index is 5.54. The van der Waals surface area contributed by atoms with E-state index < -0.39 is 0 Å². The predicted octanol–water partition coefficient (Wildman–Crippen LogP) is 1.77. The average molecular weight is 164 g/mol. The molecule has 0 amide bonds. The van der Waals surface area contributed by atoms with Gasteiger partial charge in [-0.25, -0.2) is 0 Å². The van der Waals surface area contributed by atoms with E-state index in [1.807, 2.05) is 18.2 Å². The number of hydrogen-bond donors (Lipinski definition) is 0. The highest BCUT2D eigenvalue weighted by Gasteiger charge is 2.15. The SMILES string of the molecule is c1ccc([C@@H]2COCCO2)cc1. The summed E-state index contributed by atoms with van der Waals surface area (Å²) in [6.45, 7) is 2.12. The Morgan fingerprint density at radius 1 is 1.08 bits per heavy atom. The fourth-order valence-electron chi connectivity index (χ4n) is 1.35. The van der Waals surface area contributed by atoms with Crippen LogP contribution in [0.15, 0.2) is 30.3 Å². The Bertz CT molecular complexity index is 227. The van der Waals surface area contributed by atoms with Crippen molar-refractivity contribution in [2.45, 2.75) is 6.10 Å². The molecule has 1 heterocycles. The Kier molecular flexibility index (Phi) is 2.39. The summed E-state index contributed by atoms with van der Waals surface area (Å²) in [6, 6.07) is 10.2. The molecule has 1 fully saturated rings. The Morgan fingerprint density at radius 3 is 2.58 bits per heavy atom. The molecule has 0 saturated carbocycles. The predicted molar refractivity (Wildman–Crippen MR) is 46.0 cm³/mol. The molecule has 1 saturated heterocycles. The van der Waals surface area contributed by atoms with Crippen LogP contribution in [0.3, 0.4) is 0 Å². The lowest BCUT2D eigenvalue weighted by atomic mass is 10.1. The molecule has 2 rings (SSSR count). The number of benzene rings is 1. The molecule has 0 aliphatic carbocycles. The van der Waals surface area contributed by atoms with Crippen LogP contribution in [0.4, 0.5) is 0 Å². The van der Waals surface area contributed by atoms with E-state index in [-0.39, 0.29) is 6.10 Å². The molecular weight excluding hydrogens is 152 g/mol. The summed E-state index contributed by atoms with van der Waals surface area (Å²) in [5.74, 6) is 0. The van der Waals surface area contributed by atoms with Crippen molar-refractivity contribution in [3.05, 3.63) is 35.9 Å². The van der Waals surface area contributed by atoms with Gasteiger partial charge in [0, 0.05) is 0 Å².